The average Bonchev–Trinajstić information content (AvgIpc) is 3.16. The van der Waals surface area contributed by atoms with Gasteiger partial charge in [0.05, 0.1) is 12.3 Å². The van der Waals surface area contributed by atoms with E-state index in [1.54, 1.807) is 17.8 Å². The van der Waals surface area contributed by atoms with Gasteiger partial charge in [0.25, 0.3) is 5.78 Å². The van der Waals surface area contributed by atoms with Crippen molar-refractivity contribution >= 4 is 11.6 Å². The summed E-state index contributed by atoms with van der Waals surface area (Å²) in [5, 5.41) is 7.62. The van der Waals surface area contributed by atoms with E-state index in [2.05, 4.69) is 55.7 Å². The molecular weight excluding hydrogens is 328 g/mol. The van der Waals surface area contributed by atoms with E-state index in [0.29, 0.717) is 18.9 Å². The average molecular weight is 346 g/mol. The molecule has 0 amide bonds. The number of hydrogen-bond acceptors (Lipinski definition) is 6. The molecule has 1 aromatic carbocycles. The standard InChI is InChI=1S/C19H18N6O/c1-26-12-17-9-18(25-19(24-17)22-13-23-25)21-10-14-4-6-15(7-5-14)16-3-2-8-20-11-16/h2-9,11,13,21H,10,12H2,1H3. The Labute approximate surface area is 150 Å². The van der Waals surface area contributed by atoms with Gasteiger partial charge in [-0.3, -0.25) is 4.98 Å². The molecule has 0 unspecified atom stereocenters. The van der Waals surface area contributed by atoms with Crippen LogP contribution in [0, 0.1) is 0 Å². The van der Waals surface area contributed by atoms with Gasteiger partial charge in [-0.2, -0.15) is 14.6 Å². The van der Waals surface area contributed by atoms with Gasteiger partial charge >= 0.3 is 0 Å². The smallest absolute Gasteiger partial charge is 0.254 e. The second-order valence-corrected chi connectivity index (χ2v) is 5.83. The van der Waals surface area contributed by atoms with Gasteiger partial charge in [0.15, 0.2) is 0 Å². The molecule has 4 aromatic rings. The van der Waals surface area contributed by atoms with Crippen LogP contribution < -0.4 is 5.32 Å². The van der Waals surface area contributed by atoms with Crippen LogP contribution in [0.25, 0.3) is 16.9 Å². The Morgan fingerprint density at radius 1 is 1.12 bits per heavy atom. The summed E-state index contributed by atoms with van der Waals surface area (Å²) in [6, 6.07) is 14.3. The topological polar surface area (TPSA) is 77.2 Å². The number of anilines is 1. The lowest BCUT2D eigenvalue weighted by Gasteiger charge is -2.10. The monoisotopic (exact) mass is 346 g/mol. The predicted molar refractivity (Wildman–Crippen MR) is 98.5 cm³/mol. The molecular formula is C19H18N6O. The fourth-order valence-electron chi connectivity index (χ4n) is 2.75. The van der Waals surface area contributed by atoms with Gasteiger partial charge in [0.2, 0.25) is 0 Å². The maximum absolute atomic E-state index is 5.17. The van der Waals surface area contributed by atoms with Crippen molar-refractivity contribution in [2.24, 2.45) is 0 Å². The van der Waals surface area contributed by atoms with E-state index in [0.717, 1.165) is 28.2 Å². The normalized spacial score (nSPS) is 11.0. The summed E-state index contributed by atoms with van der Waals surface area (Å²) >= 11 is 0. The van der Waals surface area contributed by atoms with Gasteiger partial charge in [-0.15, -0.1) is 0 Å². The maximum Gasteiger partial charge on any atom is 0.254 e. The van der Waals surface area contributed by atoms with Gasteiger partial charge < -0.3 is 10.1 Å². The highest BCUT2D eigenvalue weighted by molar-refractivity contribution is 5.62. The molecule has 26 heavy (non-hydrogen) atoms. The van der Waals surface area contributed by atoms with E-state index in [1.165, 1.54) is 6.33 Å². The zero-order valence-electron chi connectivity index (χ0n) is 14.3. The molecule has 7 nitrogen and oxygen atoms in total. The number of benzene rings is 1. The molecule has 0 aliphatic rings. The van der Waals surface area contributed by atoms with Crippen molar-refractivity contribution in [3.05, 3.63) is 72.4 Å². The van der Waals surface area contributed by atoms with E-state index < -0.39 is 0 Å². The molecule has 0 saturated carbocycles. The minimum atomic E-state index is 0.428. The van der Waals surface area contributed by atoms with Crippen molar-refractivity contribution in [2.45, 2.75) is 13.2 Å². The van der Waals surface area contributed by atoms with Gasteiger partial charge in [0.1, 0.15) is 12.1 Å². The van der Waals surface area contributed by atoms with Crippen LogP contribution >= 0.6 is 0 Å². The van der Waals surface area contributed by atoms with Crippen LogP contribution in [0.1, 0.15) is 11.3 Å². The Bertz CT molecular complexity index is 998. The van der Waals surface area contributed by atoms with Crippen molar-refractivity contribution < 1.29 is 4.74 Å². The van der Waals surface area contributed by atoms with Gasteiger partial charge in [-0.1, -0.05) is 30.3 Å². The van der Waals surface area contributed by atoms with Crippen LogP contribution in [0.3, 0.4) is 0 Å². The number of ether oxygens (including phenoxy) is 1. The van der Waals surface area contributed by atoms with Crippen LogP contribution in [0.15, 0.2) is 61.2 Å². The molecule has 1 N–H and O–H groups in total. The lowest BCUT2D eigenvalue weighted by atomic mass is 10.1. The van der Waals surface area contributed by atoms with E-state index in [9.17, 15) is 0 Å². The number of rotatable bonds is 6. The molecule has 130 valence electrons. The largest absolute Gasteiger partial charge is 0.378 e. The maximum atomic E-state index is 5.17. The number of hydrogen-bond donors (Lipinski definition) is 1. The quantitative estimate of drug-likeness (QED) is 0.578. The molecule has 0 aliphatic carbocycles. The Morgan fingerprint density at radius 2 is 2.00 bits per heavy atom. The second kappa shape index (κ2) is 7.28. The van der Waals surface area contributed by atoms with Crippen LogP contribution in [-0.2, 0) is 17.9 Å². The molecule has 3 heterocycles. The Morgan fingerprint density at radius 3 is 2.77 bits per heavy atom. The predicted octanol–water partition coefficient (Wildman–Crippen LogP) is 2.94. The molecule has 0 aliphatic heterocycles. The van der Waals surface area contributed by atoms with Gasteiger partial charge in [-0.25, -0.2) is 4.98 Å². The first-order valence-electron chi connectivity index (χ1n) is 8.25. The lowest BCUT2D eigenvalue weighted by Crippen LogP contribution is -2.08. The number of aromatic nitrogens is 5. The molecule has 0 bridgehead atoms. The highest BCUT2D eigenvalue weighted by atomic mass is 16.5. The fraction of sp³-hybridized carbons (Fsp3) is 0.158. The highest BCUT2D eigenvalue weighted by Gasteiger charge is 2.07. The lowest BCUT2D eigenvalue weighted by molar-refractivity contribution is 0.181. The zero-order valence-corrected chi connectivity index (χ0v) is 14.3. The number of nitrogens with one attached hydrogen (secondary N) is 1. The third kappa shape index (κ3) is 3.38. The summed E-state index contributed by atoms with van der Waals surface area (Å²) < 4.78 is 6.86. The molecule has 0 saturated heterocycles. The van der Waals surface area contributed by atoms with Gasteiger partial charge in [0, 0.05) is 32.1 Å². The van der Waals surface area contributed by atoms with Crippen molar-refractivity contribution in [1.82, 2.24) is 24.6 Å². The molecule has 4 rings (SSSR count). The second-order valence-electron chi connectivity index (χ2n) is 5.83. The van der Waals surface area contributed by atoms with Crippen LogP contribution in [0.5, 0.6) is 0 Å². The van der Waals surface area contributed by atoms with Crippen molar-refractivity contribution in [3.63, 3.8) is 0 Å². The highest BCUT2D eigenvalue weighted by Crippen LogP contribution is 2.19. The molecule has 0 radical (unpaired) electrons. The number of fused-ring (bicyclic) bond motifs is 1. The van der Waals surface area contributed by atoms with E-state index in [1.807, 2.05) is 18.3 Å². The molecule has 3 aromatic heterocycles. The minimum absolute atomic E-state index is 0.428. The fourth-order valence-corrected chi connectivity index (χ4v) is 2.75. The first-order valence-corrected chi connectivity index (χ1v) is 8.25. The number of nitrogens with zero attached hydrogens (tertiary/aromatic N) is 5. The summed E-state index contributed by atoms with van der Waals surface area (Å²) in [6.07, 6.45) is 5.13. The molecule has 0 spiro atoms. The Balaban J connectivity index is 1.52. The summed E-state index contributed by atoms with van der Waals surface area (Å²) in [6.45, 7) is 1.09. The van der Waals surface area contributed by atoms with Crippen LogP contribution in [0.2, 0.25) is 0 Å². The summed E-state index contributed by atoms with van der Waals surface area (Å²) in [4.78, 5) is 12.7. The summed E-state index contributed by atoms with van der Waals surface area (Å²) in [7, 11) is 1.65. The molecule has 0 fully saturated rings. The number of methoxy groups -OCH3 is 1. The van der Waals surface area contributed by atoms with Crippen molar-refractivity contribution in [1.29, 1.82) is 0 Å². The Hall–Kier alpha value is -3.32. The zero-order chi connectivity index (χ0) is 17.8. The molecule has 0 atom stereocenters. The number of pyridine rings is 1. The minimum Gasteiger partial charge on any atom is -0.378 e. The van der Waals surface area contributed by atoms with Gasteiger partial charge in [-0.05, 0) is 22.8 Å². The first kappa shape index (κ1) is 16.2. The Kier molecular flexibility index (Phi) is 4.53. The van der Waals surface area contributed by atoms with Crippen LogP contribution in [-0.4, -0.2) is 31.7 Å². The van der Waals surface area contributed by atoms with E-state index in [4.69, 9.17) is 4.74 Å². The van der Waals surface area contributed by atoms with Crippen LogP contribution in [0.4, 0.5) is 5.82 Å². The molecule has 7 heteroatoms. The summed E-state index contributed by atoms with van der Waals surface area (Å²) in [5.74, 6) is 1.38. The van der Waals surface area contributed by atoms with Crippen molar-refractivity contribution in [2.75, 3.05) is 12.4 Å². The summed E-state index contributed by atoms with van der Waals surface area (Å²) in [5.41, 5.74) is 4.22. The van der Waals surface area contributed by atoms with E-state index in [-0.39, 0.29) is 0 Å². The third-order valence-corrected chi connectivity index (χ3v) is 4.02. The van der Waals surface area contributed by atoms with E-state index >= 15 is 0 Å². The SMILES string of the molecule is COCc1cc(NCc2ccc(-c3cccnc3)cc2)n2ncnc2n1. The third-order valence-electron chi connectivity index (χ3n) is 4.02. The first-order chi connectivity index (χ1) is 12.8. The van der Waals surface area contributed by atoms with Crippen molar-refractivity contribution in [3.8, 4) is 11.1 Å².